The van der Waals surface area contributed by atoms with Crippen LogP contribution in [-0.4, -0.2) is 55.1 Å². The van der Waals surface area contributed by atoms with Crippen LogP contribution in [0.3, 0.4) is 0 Å². The Hall–Kier alpha value is -1.38. The van der Waals surface area contributed by atoms with Crippen molar-refractivity contribution in [3.63, 3.8) is 0 Å². The van der Waals surface area contributed by atoms with Crippen LogP contribution in [0.5, 0.6) is 0 Å². The zero-order valence-electron chi connectivity index (χ0n) is 11.5. The monoisotopic (exact) mass is 301 g/mol. The fourth-order valence-electron chi connectivity index (χ4n) is 2.03. The molecule has 8 heteroatoms. The highest BCUT2D eigenvalue weighted by molar-refractivity contribution is 7.89. The molecule has 0 aliphatic heterocycles. The van der Waals surface area contributed by atoms with E-state index in [1.807, 2.05) is 7.05 Å². The average molecular weight is 301 g/mol. The smallest absolute Gasteiger partial charge is 0.352 e. The van der Waals surface area contributed by atoms with Gasteiger partial charge in [0, 0.05) is 32.4 Å². The van der Waals surface area contributed by atoms with Crippen molar-refractivity contribution in [2.45, 2.75) is 23.8 Å². The van der Waals surface area contributed by atoms with Crippen LogP contribution < -0.4 is 4.72 Å². The first-order valence-corrected chi connectivity index (χ1v) is 7.89. The fraction of sp³-hybridized carbons (Fsp3) is 0.583. The molecule has 0 atom stereocenters. The van der Waals surface area contributed by atoms with Crippen LogP contribution in [0.2, 0.25) is 0 Å². The number of aromatic carboxylic acids is 1. The predicted octanol–water partition coefficient (Wildman–Crippen LogP) is 0.0958. The Labute approximate surface area is 118 Å². The lowest BCUT2D eigenvalue weighted by atomic mass is 10.4. The van der Waals surface area contributed by atoms with Gasteiger partial charge in [-0.3, -0.25) is 0 Å². The van der Waals surface area contributed by atoms with Gasteiger partial charge in [-0.1, -0.05) is 0 Å². The second kappa shape index (κ2) is 5.55. The highest BCUT2D eigenvalue weighted by Crippen LogP contribution is 2.24. The van der Waals surface area contributed by atoms with Crippen molar-refractivity contribution in [3.8, 4) is 0 Å². The summed E-state index contributed by atoms with van der Waals surface area (Å²) in [5.41, 5.74) is -0.0551. The van der Waals surface area contributed by atoms with E-state index in [0.717, 1.165) is 6.07 Å². The number of likely N-dealkylation sites (N-methyl/N-ethyl adjacent to an activating group) is 1. The summed E-state index contributed by atoms with van der Waals surface area (Å²) in [7, 11) is -0.185. The van der Waals surface area contributed by atoms with Crippen LogP contribution in [0.25, 0.3) is 0 Å². The van der Waals surface area contributed by atoms with E-state index in [-0.39, 0.29) is 10.6 Å². The molecular weight excluding hydrogens is 282 g/mol. The molecule has 0 aromatic carbocycles. The normalized spacial score (nSPS) is 15.8. The highest BCUT2D eigenvalue weighted by atomic mass is 32.2. The topological polar surface area (TPSA) is 91.6 Å². The number of aromatic nitrogens is 1. The zero-order chi connectivity index (χ0) is 14.9. The third-order valence-corrected chi connectivity index (χ3v) is 4.86. The molecule has 7 nitrogen and oxygen atoms in total. The third kappa shape index (κ3) is 3.38. The highest BCUT2D eigenvalue weighted by Gasteiger charge is 2.26. The number of hydrogen-bond donors (Lipinski definition) is 2. The van der Waals surface area contributed by atoms with E-state index in [0.29, 0.717) is 19.1 Å². The summed E-state index contributed by atoms with van der Waals surface area (Å²) >= 11 is 0. The van der Waals surface area contributed by atoms with Crippen molar-refractivity contribution in [2.75, 3.05) is 20.1 Å². The van der Waals surface area contributed by atoms with Crippen LogP contribution in [0, 0.1) is 0 Å². The van der Waals surface area contributed by atoms with Crippen LogP contribution in [0.15, 0.2) is 17.2 Å². The van der Waals surface area contributed by atoms with Gasteiger partial charge >= 0.3 is 5.97 Å². The summed E-state index contributed by atoms with van der Waals surface area (Å²) in [6.07, 6.45) is 3.64. The number of rotatable bonds is 7. The molecule has 1 fully saturated rings. The molecule has 20 heavy (non-hydrogen) atoms. The van der Waals surface area contributed by atoms with Crippen LogP contribution >= 0.6 is 0 Å². The molecule has 0 saturated heterocycles. The minimum absolute atomic E-state index is 0.0218. The van der Waals surface area contributed by atoms with Crippen molar-refractivity contribution < 1.29 is 18.3 Å². The number of carboxylic acid groups (broad SMARTS) is 1. The minimum Gasteiger partial charge on any atom is -0.477 e. The van der Waals surface area contributed by atoms with Gasteiger partial charge in [-0.15, -0.1) is 0 Å². The van der Waals surface area contributed by atoms with Crippen LogP contribution in [0.4, 0.5) is 0 Å². The minimum atomic E-state index is -3.66. The van der Waals surface area contributed by atoms with Crippen molar-refractivity contribution in [3.05, 3.63) is 18.0 Å². The molecule has 1 aromatic heterocycles. The van der Waals surface area contributed by atoms with E-state index in [1.54, 1.807) is 0 Å². The number of nitrogens with zero attached hydrogens (tertiary/aromatic N) is 2. The summed E-state index contributed by atoms with van der Waals surface area (Å²) in [5.74, 6) is -1.15. The summed E-state index contributed by atoms with van der Waals surface area (Å²) in [6, 6.07) is 1.74. The standard InChI is InChI=1S/C12H19N3O4S/c1-14(9-3-4-9)6-5-13-20(18,19)10-7-11(12(16)17)15(2)8-10/h7-9,13H,3-6H2,1-2H3,(H,16,17). The summed E-state index contributed by atoms with van der Waals surface area (Å²) in [6.45, 7) is 0.954. The molecule has 0 amide bonds. The maximum Gasteiger partial charge on any atom is 0.352 e. The van der Waals surface area contributed by atoms with E-state index < -0.39 is 16.0 Å². The van der Waals surface area contributed by atoms with Gasteiger partial charge in [-0.25, -0.2) is 17.9 Å². The molecule has 0 unspecified atom stereocenters. The number of carboxylic acids is 1. The Bertz CT molecular complexity index is 604. The fourth-order valence-corrected chi connectivity index (χ4v) is 3.12. The van der Waals surface area contributed by atoms with Crippen molar-refractivity contribution in [1.82, 2.24) is 14.2 Å². The first-order chi connectivity index (χ1) is 9.31. The second-order valence-corrected chi connectivity index (χ2v) is 6.85. The largest absolute Gasteiger partial charge is 0.477 e. The van der Waals surface area contributed by atoms with E-state index in [9.17, 15) is 13.2 Å². The van der Waals surface area contributed by atoms with E-state index in [1.165, 1.54) is 30.7 Å². The van der Waals surface area contributed by atoms with E-state index in [4.69, 9.17) is 5.11 Å². The number of sulfonamides is 1. The van der Waals surface area contributed by atoms with Gasteiger partial charge in [0.15, 0.2) is 0 Å². The first-order valence-electron chi connectivity index (χ1n) is 6.41. The molecule has 2 rings (SSSR count). The molecular formula is C12H19N3O4S. The number of aryl methyl sites for hydroxylation is 1. The van der Waals surface area contributed by atoms with Crippen LogP contribution in [-0.2, 0) is 17.1 Å². The molecule has 1 aliphatic rings. The Morgan fingerprint density at radius 2 is 2.20 bits per heavy atom. The van der Waals surface area contributed by atoms with Gasteiger partial charge in [0.2, 0.25) is 10.0 Å². The summed E-state index contributed by atoms with van der Waals surface area (Å²) in [4.78, 5) is 13.0. The molecule has 0 radical (unpaired) electrons. The van der Waals surface area contributed by atoms with Crippen molar-refractivity contribution in [2.24, 2.45) is 7.05 Å². The second-order valence-electron chi connectivity index (χ2n) is 5.09. The average Bonchev–Trinajstić information content (AvgIpc) is 3.11. The molecule has 2 N–H and O–H groups in total. The Kier molecular flexibility index (Phi) is 4.17. The van der Waals surface area contributed by atoms with Gasteiger partial charge in [0.1, 0.15) is 10.6 Å². The molecule has 1 heterocycles. The molecule has 1 aliphatic carbocycles. The third-order valence-electron chi connectivity index (χ3n) is 3.44. The van der Waals surface area contributed by atoms with Crippen molar-refractivity contribution in [1.29, 1.82) is 0 Å². The van der Waals surface area contributed by atoms with Crippen molar-refractivity contribution >= 4 is 16.0 Å². The van der Waals surface area contributed by atoms with Gasteiger partial charge < -0.3 is 14.6 Å². The SMILES string of the molecule is CN(CCNS(=O)(=O)c1cc(C(=O)O)n(C)c1)C1CC1. The molecule has 112 valence electrons. The Morgan fingerprint density at radius 1 is 1.55 bits per heavy atom. The Balaban J connectivity index is 1.98. The van der Waals surface area contributed by atoms with Gasteiger partial charge in [-0.05, 0) is 26.0 Å². The molecule has 1 aromatic rings. The zero-order valence-corrected chi connectivity index (χ0v) is 12.4. The van der Waals surface area contributed by atoms with E-state index in [2.05, 4.69) is 9.62 Å². The number of nitrogens with one attached hydrogen (secondary N) is 1. The maximum atomic E-state index is 12.1. The number of hydrogen-bond acceptors (Lipinski definition) is 4. The van der Waals surface area contributed by atoms with Gasteiger partial charge in [0.25, 0.3) is 0 Å². The molecule has 0 spiro atoms. The number of carbonyl (C=O) groups is 1. The lowest BCUT2D eigenvalue weighted by Gasteiger charge is -2.15. The summed E-state index contributed by atoms with van der Waals surface area (Å²) < 4.78 is 27.9. The summed E-state index contributed by atoms with van der Waals surface area (Å²) in [5, 5.41) is 8.92. The lowest BCUT2D eigenvalue weighted by molar-refractivity contribution is 0.0686. The van der Waals surface area contributed by atoms with Gasteiger partial charge in [-0.2, -0.15) is 0 Å². The lowest BCUT2D eigenvalue weighted by Crippen LogP contribution is -2.33. The molecule has 1 saturated carbocycles. The predicted molar refractivity (Wildman–Crippen MR) is 73.2 cm³/mol. The maximum absolute atomic E-state index is 12.1. The quantitative estimate of drug-likeness (QED) is 0.745. The Morgan fingerprint density at radius 3 is 2.70 bits per heavy atom. The first kappa shape index (κ1) is 15.0. The van der Waals surface area contributed by atoms with Gasteiger partial charge in [0.05, 0.1) is 0 Å². The van der Waals surface area contributed by atoms with E-state index >= 15 is 0 Å². The molecule has 0 bridgehead atoms. The van der Waals surface area contributed by atoms with Crippen LogP contribution in [0.1, 0.15) is 23.3 Å².